The summed E-state index contributed by atoms with van der Waals surface area (Å²) in [5.74, 6) is 1.53. The number of rotatable bonds is 3. The van der Waals surface area contributed by atoms with Crippen LogP contribution in [0, 0.1) is 0 Å². The Morgan fingerprint density at radius 3 is 2.67 bits per heavy atom. The first-order valence-corrected chi connectivity index (χ1v) is 7.07. The van der Waals surface area contributed by atoms with Crippen LogP contribution in [0.4, 0.5) is 5.69 Å². The molecule has 0 saturated heterocycles. The van der Waals surface area contributed by atoms with Crippen LogP contribution in [0.25, 0.3) is 0 Å². The maximum atomic E-state index is 6.08. The second-order valence-corrected chi connectivity index (χ2v) is 5.05. The van der Waals surface area contributed by atoms with Crippen molar-refractivity contribution in [1.82, 2.24) is 0 Å². The van der Waals surface area contributed by atoms with Crippen LogP contribution in [-0.4, -0.2) is 18.9 Å². The molecule has 0 fully saturated rings. The first-order valence-electron chi connectivity index (χ1n) is 6.69. The zero-order valence-corrected chi connectivity index (χ0v) is 12.4. The lowest BCUT2D eigenvalue weighted by molar-refractivity contribution is 0.171. The van der Waals surface area contributed by atoms with Crippen molar-refractivity contribution in [1.29, 1.82) is 0 Å². The first-order chi connectivity index (χ1) is 10.2. The predicted octanol–water partition coefficient (Wildman–Crippen LogP) is 3.95. The molecule has 0 radical (unpaired) electrons. The standard InChI is InChI=1S/C16H15ClN2O2/c1-11(18-19-14-5-3-2-4-13(14)17)12-6-7-15-16(10-12)21-9-8-20-15/h2-7,10,19H,8-9H2,1H3/b18-11-. The largest absolute Gasteiger partial charge is 0.486 e. The average molecular weight is 303 g/mol. The van der Waals surface area contributed by atoms with Gasteiger partial charge in [0.2, 0.25) is 0 Å². The van der Waals surface area contributed by atoms with Crippen molar-refractivity contribution >= 4 is 23.0 Å². The van der Waals surface area contributed by atoms with Crippen LogP contribution in [-0.2, 0) is 0 Å². The Morgan fingerprint density at radius 1 is 1.10 bits per heavy atom. The molecule has 0 amide bonds. The number of nitrogens with one attached hydrogen (secondary N) is 1. The second kappa shape index (κ2) is 6.06. The molecule has 0 unspecified atom stereocenters. The molecule has 2 aromatic carbocycles. The maximum Gasteiger partial charge on any atom is 0.162 e. The fourth-order valence-corrected chi connectivity index (χ4v) is 2.21. The topological polar surface area (TPSA) is 42.9 Å². The van der Waals surface area contributed by atoms with Gasteiger partial charge in [0.15, 0.2) is 11.5 Å². The normalized spacial score (nSPS) is 13.9. The van der Waals surface area contributed by atoms with E-state index in [-0.39, 0.29) is 0 Å². The van der Waals surface area contributed by atoms with Gasteiger partial charge in [-0.3, -0.25) is 5.43 Å². The van der Waals surface area contributed by atoms with Crippen molar-refractivity contribution in [3.05, 3.63) is 53.1 Å². The highest BCUT2D eigenvalue weighted by atomic mass is 35.5. The molecule has 3 rings (SSSR count). The van der Waals surface area contributed by atoms with Crippen LogP contribution < -0.4 is 14.9 Å². The summed E-state index contributed by atoms with van der Waals surface area (Å²) < 4.78 is 11.1. The third-order valence-corrected chi connectivity index (χ3v) is 3.51. The van der Waals surface area contributed by atoms with Gasteiger partial charge in [0.1, 0.15) is 13.2 Å². The molecule has 2 aromatic rings. The number of anilines is 1. The van der Waals surface area contributed by atoms with Crippen LogP contribution in [0.15, 0.2) is 47.6 Å². The third-order valence-electron chi connectivity index (χ3n) is 3.18. The van der Waals surface area contributed by atoms with E-state index in [9.17, 15) is 0 Å². The van der Waals surface area contributed by atoms with E-state index in [1.165, 1.54) is 0 Å². The van der Waals surface area contributed by atoms with Crippen LogP contribution in [0.2, 0.25) is 5.02 Å². The highest BCUT2D eigenvalue weighted by Crippen LogP contribution is 2.31. The number of fused-ring (bicyclic) bond motifs is 1. The minimum absolute atomic E-state index is 0.574. The molecule has 0 saturated carbocycles. The van der Waals surface area contributed by atoms with Crippen LogP contribution >= 0.6 is 11.6 Å². The smallest absolute Gasteiger partial charge is 0.162 e. The Bertz CT molecular complexity index is 686. The van der Waals surface area contributed by atoms with Gasteiger partial charge in [-0.05, 0) is 37.3 Å². The summed E-state index contributed by atoms with van der Waals surface area (Å²) in [5, 5.41) is 5.00. The molecular formula is C16H15ClN2O2. The number of ether oxygens (including phenoxy) is 2. The first kappa shape index (κ1) is 13.8. The Labute approximate surface area is 128 Å². The molecule has 21 heavy (non-hydrogen) atoms. The fourth-order valence-electron chi connectivity index (χ4n) is 2.03. The molecule has 1 heterocycles. The predicted molar refractivity (Wildman–Crippen MR) is 84.7 cm³/mol. The lowest BCUT2D eigenvalue weighted by Gasteiger charge is -2.18. The van der Waals surface area contributed by atoms with Crippen LogP contribution in [0.3, 0.4) is 0 Å². The molecule has 4 nitrogen and oxygen atoms in total. The van der Waals surface area contributed by atoms with E-state index in [0.29, 0.717) is 18.2 Å². The Morgan fingerprint density at radius 2 is 1.86 bits per heavy atom. The number of para-hydroxylation sites is 1. The monoisotopic (exact) mass is 302 g/mol. The molecule has 108 valence electrons. The molecule has 5 heteroatoms. The lowest BCUT2D eigenvalue weighted by Crippen LogP contribution is -2.15. The van der Waals surface area contributed by atoms with Crippen molar-refractivity contribution in [2.45, 2.75) is 6.92 Å². The highest BCUT2D eigenvalue weighted by Gasteiger charge is 2.12. The molecule has 0 bridgehead atoms. The molecule has 1 aliphatic heterocycles. The van der Waals surface area contributed by atoms with Crippen LogP contribution in [0.5, 0.6) is 11.5 Å². The SMILES string of the molecule is C/C(=N/Nc1ccccc1Cl)c1ccc2c(c1)OCCO2. The van der Waals surface area contributed by atoms with Gasteiger partial charge in [-0.2, -0.15) is 5.10 Å². The molecule has 1 aliphatic rings. The number of benzene rings is 2. The summed E-state index contributed by atoms with van der Waals surface area (Å²) in [6, 6.07) is 13.3. The molecular weight excluding hydrogens is 288 g/mol. The van der Waals surface area contributed by atoms with Gasteiger partial charge in [0.05, 0.1) is 16.4 Å². The summed E-state index contributed by atoms with van der Waals surface area (Å²) in [6.45, 7) is 3.09. The Hall–Kier alpha value is -2.20. The summed E-state index contributed by atoms with van der Waals surface area (Å²) >= 11 is 6.08. The zero-order chi connectivity index (χ0) is 14.7. The van der Waals surface area contributed by atoms with Gasteiger partial charge in [-0.15, -0.1) is 0 Å². The minimum atomic E-state index is 0.574. The van der Waals surface area contributed by atoms with Gasteiger partial charge in [0.25, 0.3) is 0 Å². The van der Waals surface area contributed by atoms with E-state index >= 15 is 0 Å². The van der Waals surface area contributed by atoms with Gasteiger partial charge in [-0.25, -0.2) is 0 Å². The van der Waals surface area contributed by atoms with E-state index in [0.717, 1.165) is 28.5 Å². The van der Waals surface area contributed by atoms with E-state index in [1.807, 2.05) is 49.4 Å². The Kier molecular flexibility index (Phi) is 3.97. The van der Waals surface area contributed by atoms with Crippen molar-refractivity contribution in [2.24, 2.45) is 5.10 Å². The summed E-state index contributed by atoms with van der Waals surface area (Å²) in [7, 11) is 0. The van der Waals surface area contributed by atoms with E-state index < -0.39 is 0 Å². The van der Waals surface area contributed by atoms with Crippen molar-refractivity contribution in [3.63, 3.8) is 0 Å². The number of hydrazone groups is 1. The third kappa shape index (κ3) is 3.11. The zero-order valence-electron chi connectivity index (χ0n) is 11.6. The number of nitrogens with zero attached hydrogens (tertiary/aromatic N) is 1. The van der Waals surface area contributed by atoms with Gasteiger partial charge in [-0.1, -0.05) is 23.7 Å². The van der Waals surface area contributed by atoms with Crippen molar-refractivity contribution in [3.8, 4) is 11.5 Å². The number of halogens is 1. The van der Waals surface area contributed by atoms with E-state index in [1.54, 1.807) is 0 Å². The number of hydrogen-bond acceptors (Lipinski definition) is 4. The number of hydrogen-bond donors (Lipinski definition) is 1. The average Bonchev–Trinajstić information content (AvgIpc) is 2.53. The van der Waals surface area contributed by atoms with Crippen molar-refractivity contribution < 1.29 is 9.47 Å². The Balaban J connectivity index is 1.80. The maximum absolute atomic E-state index is 6.08. The quantitative estimate of drug-likeness (QED) is 0.689. The van der Waals surface area contributed by atoms with Gasteiger partial charge in [0, 0.05) is 5.56 Å². The highest BCUT2D eigenvalue weighted by molar-refractivity contribution is 6.33. The van der Waals surface area contributed by atoms with Crippen LogP contribution in [0.1, 0.15) is 12.5 Å². The van der Waals surface area contributed by atoms with Crippen molar-refractivity contribution in [2.75, 3.05) is 18.6 Å². The van der Waals surface area contributed by atoms with Gasteiger partial charge < -0.3 is 9.47 Å². The fraction of sp³-hybridized carbons (Fsp3) is 0.188. The van der Waals surface area contributed by atoms with E-state index in [4.69, 9.17) is 21.1 Å². The summed E-state index contributed by atoms with van der Waals surface area (Å²) in [6.07, 6.45) is 0. The minimum Gasteiger partial charge on any atom is -0.486 e. The lowest BCUT2D eigenvalue weighted by atomic mass is 10.1. The second-order valence-electron chi connectivity index (χ2n) is 4.65. The summed E-state index contributed by atoms with van der Waals surface area (Å²) in [5.41, 5.74) is 5.56. The molecule has 0 atom stereocenters. The molecule has 1 N–H and O–H groups in total. The van der Waals surface area contributed by atoms with E-state index in [2.05, 4.69) is 10.5 Å². The molecule has 0 spiro atoms. The summed E-state index contributed by atoms with van der Waals surface area (Å²) in [4.78, 5) is 0. The molecule has 0 aliphatic carbocycles. The van der Waals surface area contributed by atoms with Gasteiger partial charge >= 0.3 is 0 Å². The molecule has 0 aromatic heterocycles.